The van der Waals surface area contributed by atoms with Gasteiger partial charge in [-0.05, 0) is 47.4 Å². The van der Waals surface area contributed by atoms with Crippen LogP contribution in [-0.4, -0.2) is 64.4 Å². The Bertz CT molecular complexity index is 1160. The molecule has 0 spiro atoms. The lowest BCUT2D eigenvalue weighted by Gasteiger charge is -2.34. The van der Waals surface area contributed by atoms with Gasteiger partial charge in [-0.3, -0.25) is 4.79 Å². The molecule has 0 bridgehead atoms. The van der Waals surface area contributed by atoms with Gasteiger partial charge in [0.2, 0.25) is 10.0 Å². The van der Waals surface area contributed by atoms with Crippen molar-refractivity contribution in [3.63, 3.8) is 0 Å². The summed E-state index contributed by atoms with van der Waals surface area (Å²) in [5.41, 5.74) is 1.37. The van der Waals surface area contributed by atoms with Crippen LogP contribution >= 0.6 is 0 Å². The lowest BCUT2D eigenvalue weighted by atomic mass is 9.87. The predicted octanol–water partition coefficient (Wildman–Crippen LogP) is 2.53. The van der Waals surface area contributed by atoms with E-state index in [9.17, 15) is 21.6 Å². The number of hydrogen-bond acceptors (Lipinski definition) is 5. The number of nitrogens with zero attached hydrogens (tertiary/aromatic N) is 2. The van der Waals surface area contributed by atoms with Gasteiger partial charge in [0, 0.05) is 38.0 Å². The van der Waals surface area contributed by atoms with Crippen LogP contribution in [0.2, 0.25) is 0 Å². The second-order valence-electron chi connectivity index (χ2n) is 8.77. The van der Waals surface area contributed by atoms with Crippen LogP contribution in [0.3, 0.4) is 0 Å². The molecule has 0 aromatic heterocycles. The maximum absolute atomic E-state index is 13.0. The molecule has 1 aliphatic heterocycles. The third kappa shape index (κ3) is 5.16. The van der Waals surface area contributed by atoms with E-state index in [1.165, 1.54) is 28.6 Å². The van der Waals surface area contributed by atoms with Crippen LogP contribution in [0.25, 0.3) is 0 Å². The van der Waals surface area contributed by atoms with Gasteiger partial charge in [-0.25, -0.2) is 16.8 Å². The molecule has 3 rings (SSSR count). The number of hydrogen-bond donors (Lipinski definition) is 0. The van der Waals surface area contributed by atoms with Crippen LogP contribution in [0, 0.1) is 0 Å². The van der Waals surface area contributed by atoms with Crippen molar-refractivity contribution in [2.24, 2.45) is 0 Å². The number of sulfone groups is 1. The van der Waals surface area contributed by atoms with E-state index in [-0.39, 0.29) is 47.3 Å². The monoisotopic (exact) mass is 464 g/mol. The maximum atomic E-state index is 13.0. The van der Waals surface area contributed by atoms with E-state index < -0.39 is 19.9 Å². The molecule has 9 heteroatoms. The van der Waals surface area contributed by atoms with Gasteiger partial charge in [-0.1, -0.05) is 32.9 Å². The van der Waals surface area contributed by atoms with Crippen LogP contribution in [0.1, 0.15) is 36.7 Å². The normalized spacial score (nSPS) is 16.3. The molecular formula is C22H28N2O5S2. The minimum absolute atomic E-state index is 0.0617. The second-order valence-corrected chi connectivity index (χ2v) is 12.7. The highest BCUT2D eigenvalue weighted by molar-refractivity contribution is 7.90. The molecule has 0 N–H and O–H groups in total. The summed E-state index contributed by atoms with van der Waals surface area (Å²) in [4.78, 5) is 14.7. The van der Waals surface area contributed by atoms with Crippen LogP contribution < -0.4 is 0 Å². The largest absolute Gasteiger partial charge is 0.336 e. The standard InChI is InChI=1S/C22H28N2O5S2/c1-22(2,3)18-7-11-20(12-8-18)31(28,29)24-15-13-23(14-16-24)21(25)17-5-9-19(10-6-17)30(4,26)27/h5-12H,13-16H2,1-4H3. The summed E-state index contributed by atoms with van der Waals surface area (Å²) < 4.78 is 50.5. The summed E-state index contributed by atoms with van der Waals surface area (Å²) in [6.45, 7) is 7.16. The molecule has 1 heterocycles. The van der Waals surface area contributed by atoms with Crippen molar-refractivity contribution in [1.82, 2.24) is 9.21 Å². The van der Waals surface area contributed by atoms with E-state index in [1.807, 2.05) is 12.1 Å². The van der Waals surface area contributed by atoms with Crippen LogP contribution in [-0.2, 0) is 25.3 Å². The van der Waals surface area contributed by atoms with Crippen LogP contribution in [0.4, 0.5) is 0 Å². The highest BCUT2D eigenvalue weighted by atomic mass is 32.2. The Morgan fingerprint density at radius 3 is 1.71 bits per heavy atom. The molecule has 7 nitrogen and oxygen atoms in total. The van der Waals surface area contributed by atoms with Crippen LogP contribution in [0.5, 0.6) is 0 Å². The molecule has 0 unspecified atom stereocenters. The summed E-state index contributed by atoms with van der Waals surface area (Å²) in [5, 5.41) is 0. The number of amides is 1. The zero-order chi connectivity index (χ0) is 23.0. The van der Waals surface area contributed by atoms with Crippen molar-refractivity contribution < 1.29 is 21.6 Å². The Morgan fingerprint density at radius 1 is 0.774 bits per heavy atom. The number of carbonyl (C=O) groups is 1. The van der Waals surface area contributed by atoms with Crippen molar-refractivity contribution in [2.75, 3.05) is 32.4 Å². The van der Waals surface area contributed by atoms with Gasteiger partial charge in [-0.2, -0.15) is 4.31 Å². The number of benzene rings is 2. The molecular weight excluding hydrogens is 436 g/mol. The predicted molar refractivity (Wildman–Crippen MR) is 119 cm³/mol. The fraction of sp³-hybridized carbons (Fsp3) is 0.409. The summed E-state index contributed by atoms with van der Waals surface area (Å²) in [5.74, 6) is -0.244. The lowest BCUT2D eigenvalue weighted by molar-refractivity contribution is 0.0698. The fourth-order valence-corrected chi connectivity index (χ4v) is 5.49. The first-order valence-electron chi connectivity index (χ1n) is 10.0. The van der Waals surface area contributed by atoms with Gasteiger partial charge in [0.15, 0.2) is 9.84 Å². The van der Waals surface area contributed by atoms with Gasteiger partial charge < -0.3 is 4.90 Å². The Hall–Kier alpha value is -2.23. The first-order valence-corrected chi connectivity index (χ1v) is 13.3. The van der Waals surface area contributed by atoms with Crippen molar-refractivity contribution in [2.45, 2.75) is 36.0 Å². The maximum Gasteiger partial charge on any atom is 0.253 e. The molecule has 1 saturated heterocycles. The van der Waals surface area contributed by atoms with E-state index in [2.05, 4.69) is 20.8 Å². The Morgan fingerprint density at radius 2 is 1.26 bits per heavy atom. The highest BCUT2D eigenvalue weighted by Crippen LogP contribution is 2.25. The van der Waals surface area contributed by atoms with E-state index in [4.69, 9.17) is 0 Å². The average Bonchev–Trinajstić information content (AvgIpc) is 2.72. The van der Waals surface area contributed by atoms with Crippen molar-refractivity contribution in [3.05, 3.63) is 59.7 Å². The smallest absolute Gasteiger partial charge is 0.253 e. The SMILES string of the molecule is CC(C)(C)c1ccc(S(=O)(=O)N2CCN(C(=O)c3ccc(S(C)(=O)=O)cc3)CC2)cc1. The van der Waals surface area contributed by atoms with E-state index in [1.54, 1.807) is 17.0 Å². The second kappa shape index (κ2) is 8.37. The third-order valence-electron chi connectivity index (χ3n) is 5.41. The lowest BCUT2D eigenvalue weighted by Crippen LogP contribution is -2.50. The number of sulfonamides is 1. The number of rotatable bonds is 4. The Kier molecular flexibility index (Phi) is 6.32. The molecule has 1 fully saturated rings. The quantitative estimate of drug-likeness (QED) is 0.693. The minimum Gasteiger partial charge on any atom is -0.336 e. The molecule has 1 amide bonds. The third-order valence-corrected chi connectivity index (χ3v) is 8.45. The van der Waals surface area contributed by atoms with Gasteiger partial charge in [-0.15, -0.1) is 0 Å². The van der Waals surface area contributed by atoms with Crippen LogP contribution in [0.15, 0.2) is 58.3 Å². The Balaban J connectivity index is 1.67. The summed E-state index contributed by atoms with van der Waals surface area (Å²) in [6, 6.07) is 12.7. The Labute approximate surface area is 184 Å². The first kappa shape index (κ1) is 23.4. The molecule has 1 aliphatic rings. The molecule has 2 aromatic rings. The fourth-order valence-electron chi connectivity index (χ4n) is 3.43. The molecule has 0 saturated carbocycles. The summed E-state index contributed by atoms with van der Waals surface area (Å²) in [7, 11) is -6.96. The van der Waals surface area contributed by atoms with Gasteiger partial charge in [0.1, 0.15) is 0 Å². The molecule has 168 valence electrons. The van der Waals surface area contributed by atoms with E-state index in [0.29, 0.717) is 5.56 Å². The van der Waals surface area contributed by atoms with E-state index in [0.717, 1.165) is 11.8 Å². The van der Waals surface area contributed by atoms with Gasteiger partial charge in [0.25, 0.3) is 5.91 Å². The highest BCUT2D eigenvalue weighted by Gasteiger charge is 2.30. The zero-order valence-electron chi connectivity index (χ0n) is 18.2. The van der Waals surface area contributed by atoms with Gasteiger partial charge >= 0.3 is 0 Å². The van der Waals surface area contributed by atoms with Crippen molar-refractivity contribution in [3.8, 4) is 0 Å². The molecule has 2 aromatic carbocycles. The van der Waals surface area contributed by atoms with Crippen molar-refractivity contribution in [1.29, 1.82) is 0 Å². The van der Waals surface area contributed by atoms with Gasteiger partial charge in [0.05, 0.1) is 9.79 Å². The molecule has 0 atom stereocenters. The first-order chi connectivity index (χ1) is 14.3. The zero-order valence-corrected chi connectivity index (χ0v) is 19.8. The van der Waals surface area contributed by atoms with E-state index >= 15 is 0 Å². The molecule has 0 aliphatic carbocycles. The average molecular weight is 465 g/mol. The number of piperazine rings is 1. The summed E-state index contributed by atoms with van der Waals surface area (Å²) >= 11 is 0. The topological polar surface area (TPSA) is 91.8 Å². The summed E-state index contributed by atoms with van der Waals surface area (Å²) in [6.07, 6.45) is 1.11. The minimum atomic E-state index is -3.63. The molecule has 0 radical (unpaired) electrons. The van der Waals surface area contributed by atoms with Crippen molar-refractivity contribution >= 4 is 25.8 Å². The molecule has 31 heavy (non-hydrogen) atoms. The number of carbonyl (C=O) groups excluding carboxylic acids is 1.